The number of nitrogens with zero attached hydrogens (tertiary/aromatic N) is 1. The van der Waals surface area contributed by atoms with E-state index in [1.54, 1.807) is 16.8 Å². The van der Waals surface area contributed by atoms with Crippen molar-refractivity contribution in [3.63, 3.8) is 0 Å². The second kappa shape index (κ2) is 5.52. The van der Waals surface area contributed by atoms with Gasteiger partial charge in [-0.25, -0.2) is 4.79 Å². The van der Waals surface area contributed by atoms with Crippen molar-refractivity contribution in [2.45, 2.75) is 33.2 Å². The molecule has 0 atom stereocenters. The number of primary amides is 1. The van der Waals surface area contributed by atoms with Crippen molar-refractivity contribution in [3.05, 3.63) is 23.5 Å². The summed E-state index contributed by atoms with van der Waals surface area (Å²) in [5.41, 5.74) is 6.16. The van der Waals surface area contributed by atoms with Gasteiger partial charge in [0.15, 0.2) is 0 Å². The molecule has 0 bridgehead atoms. The summed E-state index contributed by atoms with van der Waals surface area (Å²) in [6.45, 7) is 4.48. The van der Waals surface area contributed by atoms with Gasteiger partial charge in [0.1, 0.15) is 0 Å². The molecule has 3 N–H and O–H groups in total. The molecule has 1 aromatic rings. The Morgan fingerprint density at radius 2 is 2.12 bits per heavy atom. The van der Waals surface area contributed by atoms with Crippen LogP contribution in [0.25, 0.3) is 0 Å². The molecule has 5 heteroatoms. The average Bonchev–Trinajstić information content (AvgIpc) is 2.57. The van der Waals surface area contributed by atoms with Gasteiger partial charge in [-0.3, -0.25) is 4.79 Å². The summed E-state index contributed by atoms with van der Waals surface area (Å²) in [5.74, 6) is -0.958. The summed E-state index contributed by atoms with van der Waals surface area (Å²) in [6.07, 6.45) is 2.59. The lowest BCUT2D eigenvalue weighted by molar-refractivity contribution is -0.118. The maximum absolute atomic E-state index is 11.0. The van der Waals surface area contributed by atoms with Crippen molar-refractivity contribution in [3.8, 4) is 0 Å². The van der Waals surface area contributed by atoms with Crippen molar-refractivity contribution in [2.24, 2.45) is 11.7 Å². The highest BCUT2D eigenvalue weighted by molar-refractivity contribution is 5.89. The maximum atomic E-state index is 11.0. The van der Waals surface area contributed by atoms with E-state index < -0.39 is 5.97 Å². The van der Waals surface area contributed by atoms with Crippen molar-refractivity contribution in [2.75, 3.05) is 0 Å². The minimum absolute atomic E-state index is 0.221. The summed E-state index contributed by atoms with van der Waals surface area (Å²) in [6, 6.07) is 1.57. The quantitative estimate of drug-likeness (QED) is 0.782. The van der Waals surface area contributed by atoms with Crippen LogP contribution in [0.1, 0.15) is 36.3 Å². The number of aryl methyl sites for hydroxylation is 1. The van der Waals surface area contributed by atoms with E-state index >= 15 is 0 Å². The fourth-order valence-electron chi connectivity index (χ4n) is 1.75. The van der Waals surface area contributed by atoms with Crippen molar-refractivity contribution in [1.29, 1.82) is 0 Å². The van der Waals surface area contributed by atoms with Gasteiger partial charge < -0.3 is 15.4 Å². The van der Waals surface area contributed by atoms with Crippen LogP contribution in [0.4, 0.5) is 0 Å². The molecular weight excluding hydrogens is 220 g/mol. The van der Waals surface area contributed by atoms with Crippen LogP contribution in [0, 0.1) is 5.92 Å². The first-order valence-corrected chi connectivity index (χ1v) is 5.61. The molecule has 0 saturated heterocycles. The molecule has 1 heterocycles. The summed E-state index contributed by atoms with van der Waals surface area (Å²) in [5, 5.41) is 9.06. The molecule has 0 unspecified atom stereocenters. The second-order valence-corrected chi connectivity index (χ2v) is 4.49. The van der Waals surface area contributed by atoms with Crippen molar-refractivity contribution in [1.82, 2.24) is 4.57 Å². The number of carboxylic acid groups (broad SMARTS) is 1. The SMILES string of the molecule is CC(C)Cc1c(C(=O)O)ccn1CCC(N)=O. The van der Waals surface area contributed by atoms with Gasteiger partial charge in [-0.05, 0) is 18.4 Å². The van der Waals surface area contributed by atoms with Crippen LogP contribution >= 0.6 is 0 Å². The fraction of sp³-hybridized carbons (Fsp3) is 0.500. The van der Waals surface area contributed by atoms with Gasteiger partial charge in [-0.15, -0.1) is 0 Å². The largest absolute Gasteiger partial charge is 0.478 e. The third-order valence-corrected chi connectivity index (χ3v) is 2.51. The summed E-state index contributed by atoms with van der Waals surface area (Å²) >= 11 is 0. The zero-order valence-electron chi connectivity index (χ0n) is 10.1. The minimum Gasteiger partial charge on any atom is -0.478 e. The summed E-state index contributed by atoms with van der Waals surface area (Å²) < 4.78 is 1.80. The van der Waals surface area contributed by atoms with Gasteiger partial charge in [0.25, 0.3) is 0 Å². The molecule has 5 nitrogen and oxygen atoms in total. The van der Waals surface area contributed by atoms with E-state index in [4.69, 9.17) is 10.8 Å². The number of hydrogen-bond donors (Lipinski definition) is 2. The maximum Gasteiger partial charge on any atom is 0.337 e. The predicted molar refractivity (Wildman–Crippen MR) is 63.7 cm³/mol. The molecule has 1 rings (SSSR count). The first-order valence-electron chi connectivity index (χ1n) is 5.61. The fourth-order valence-corrected chi connectivity index (χ4v) is 1.75. The molecule has 17 heavy (non-hydrogen) atoms. The molecule has 0 fully saturated rings. The van der Waals surface area contributed by atoms with Crippen LogP contribution in [0.2, 0.25) is 0 Å². The molecule has 0 saturated carbocycles. The first-order chi connectivity index (χ1) is 7.91. The summed E-state index contributed by atoms with van der Waals surface area (Å²) in [7, 11) is 0. The number of hydrogen-bond acceptors (Lipinski definition) is 2. The van der Waals surface area contributed by atoms with Gasteiger partial charge in [-0.2, -0.15) is 0 Å². The lowest BCUT2D eigenvalue weighted by Gasteiger charge is -2.11. The van der Waals surface area contributed by atoms with Crippen molar-refractivity contribution >= 4 is 11.9 Å². The summed E-state index contributed by atoms with van der Waals surface area (Å²) in [4.78, 5) is 21.8. The first kappa shape index (κ1) is 13.3. The van der Waals surface area contributed by atoms with Gasteiger partial charge in [-0.1, -0.05) is 13.8 Å². The van der Waals surface area contributed by atoms with Crippen LogP contribution < -0.4 is 5.73 Å². The molecule has 0 aliphatic carbocycles. The van der Waals surface area contributed by atoms with Gasteiger partial charge in [0, 0.05) is 24.9 Å². The van der Waals surface area contributed by atoms with Crippen LogP contribution in [0.5, 0.6) is 0 Å². The van der Waals surface area contributed by atoms with Gasteiger partial charge in [0.05, 0.1) is 5.56 Å². The van der Waals surface area contributed by atoms with E-state index in [0.29, 0.717) is 24.4 Å². The lowest BCUT2D eigenvalue weighted by Crippen LogP contribution is -2.16. The average molecular weight is 238 g/mol. The molecular formula is C12H18N2O3. The Labute approximate surface area is 100 Å². The Balaban J connectivity index is 2.95. The molecule has 0 spiro atoms. The van der Waals surface area contributed by atoms with Crippen LogP contribution in [0.15, 0.2) is 12.3 Å². The van der Waals surface area contributed by atoms with E-state index in [0.717, 1.165) is 5.69 Å². The zero-order valence-corrected chi connectivity index (χ0v) is 10.1. The number of rotatable bonds is 6. The van der Waals surface area contributed by atoms with E-state index in [9.17, 15) is 9.59 Å². The number of carbonyl (C=O) groups is 2. The minimum atomic E-state index is -0.932. The van der Waals surface area contributed by atoms with Crippen LogP contribution in [-0.4, -0.2) is 21.6 Å². The molecule has 94 valence electrons. The van der Waals surface area contributed by atoms with E-state index in [1.165, 1.54) is 0 Å². The Bertz CT molecular complexity index is 421. The number of aromatic nitrogens is 1. The van der Waals surface area contributed by atoms with Gasteiger partial charge >= 0.3 is 5.97 Å². The Hall–Kier alpha value is -1.78. The molecule has 0 aliphatic heterocycles. The van der Waals surface area contributed by atoms with Crippen molar-refractivity contribution < 1.29 is 14.7 Å². The number of aromatic carboxylic acids is 1. The van der Waals surface area contributed by atoms with E-state index in [-0.39, 0.29) is 12.3 Å². The van der Waals surface area contributed by atoms with E-state index in [1.807, 2.05) is 13.8 Å². The van der Waals surface area contributed by atoms with Crippen LogP contribution in [0.3, 0.4) is 0 Å². The van der Waals surface area contributed by atoms with Gasteiger partial charge in [0.2, 0.25) is 5.91 Å². The molecule has 1 amide bonds. The molecule has 1 aromatic heterocycles. The number of carbonyl (C=O) groups excluding carboxylic acids is 1. The highest BCUT2D eigenvalue weighted by Gasteiger charge is 2.16. The monoisotopic (exact) mass is 238 g/mol. The number of carboxylic acids is 1. The standard InChI is InChI=1S/C12H18N2O3/c1-8(2)7-10-9(12(16)17)3-5-14(10)6-4-11(13)15/h3,5,8H,4,6-7H2,1-2H3,(H2,13,15)(H,16,17). The molecule has 0 aliphatic rings. The third kappa shape index (κ3) is 3.62. The number of amides is 1. The Morgan fingerprint density at radius 1 is 1.47 bits per heavy atom. The zero-order chi connectivity index (χ0) is 13.0. The topological polar surface area (TPSA) is 85.3 Å². The molecule has 0 aromatic carbocycles. The van der Waals surface area contributed by atoms with Crippen LogP contribution in [-0.2, 0) is 17.8 Å². The van der Waals surface area contributed by atoms with E-state index in [2.05, 4.69) is 0 Å². The Morgan fingerprint density at radius 3 is 2.59 bits per heavy atom. The smallest absolute Gasteiger partial charge is 0.337 e. The Kier molecular flexibility index (Phi) is 4.31. The highest BCUT2D eigenvalue weighted by Crippen LogP contribution is 2.16. The predicted octanol–water partition coefficient (Wildman–Crippen LogP) is 1.26. The molecule has 0 radical (unpaired) electrons. The second-order valence-electron chi connectivity index (χ2n) is 4.49. The third-order valence-electron chi connectivity index (χ3n) is 2.51. The lowest BCUT2D eigenvalue weighted by atomic mass is 10.0. The highest BCUT2D eigenvalue weighted by atomic mass is 16.4. The number of nitrogens with two attached hydrogens (primary N) is 1. The normalized spacial score (nSPS) is 10.8.